The molecule has 0 radical (unpaired) electrons. The lowest BCUT2D eigenvalue weighted by molar-refractivity contribution is 0.569. The van der Waals surface area contributed by atoms with Crippen molar-refractivity contribution in [1.82, 2.24) is 4.57 Å². The van der Waals surface area contributed by atoms with Crippen LogP contribution in [0.1, 0.15) is 71.6 Å². The maximum Gasteiger partial charge on any atom is 0.0620 e. The first kappa shape index (κ1) is 47.5. The third kappa shape index (κ3) is 8.79. The van der Waals surface area contributed by atoms with Crippen molar-refractivity contribution in [3.63, 3.8) is 0 Å². The number of hydrogen-bond acceptors (Lipinski definition) is 1. The molecular weight excluding hydrogens is 905 g/mol. The second kappa shape index (κ2) is 19.1. The summed E-state index contributed by atoms with van der Waals surface area (Å²) < 4.78 is 2.47. The van der Waals surface area contributed by atoms with Crippen LogP contribution in [0.3, 0.4) is 0 Å². The molecule has 0 fully saturated rings. The molecule has 0 amide bonds. The van der Waals surface area contributed by atoms with Gasteiger partial charge in [-0.15, -0.1) is 0 Å². The van der Waals surface area contributed by atoms with Crippen LogP contribution in [0.15, 0.2) is 248 Å². The van der Waals surface area contributed by atoms with Crippen LogP contribution in [0, 0.1) is 5.92 Å². The van der Waals surface area contributed by atoms with Gasteiger partial charge in [-0.2, -0.15) is 0 Å². The summed E-state index contributed by atoms with van der Waals surface area (Å²) in [6.45, 7) is 16.4. The first-order valence-corrected chi connectivity index (χ1v) is 26.7. The molecule has 12 rings (SSSR count). The third-order valence-corrected chi connectivity index (χ3v) is 15.4. The fourth-order valence-corrected chi connectivity index (χ4v) is 11.5. The highest BCUT2D eigenvalue weighted by atomic mass is 15.2. The summed E-state index contributed by atoms with van der Waals surface area (Å²) in [7, 11) is 0. The fourth-order valence-electron chi connectivity index (χ4n) is 11.5. The summed E-state index contributed by atoms with van der Waals surface area (Å²) in [5.74, 6) is 0.276. The Morgan fingerprint density at radius 2 is 0.987 bits per heavy atom. The highest BCUT2D eigenvalue weighted by molar-refractivity contribution is 6.15. The summed E-state index contributed by atoms with van der Waals surface area (Å²) in [6.07, 6.45) is 6.00. The molecule has 1 unspecified atom stereocenters. The van der Waals surface area contributed by atoms with Crippen LogP contribution in [-0.2, 0) is 10.8 Å². The molecule has 1 aromatic heterocycles. The van der Waals surface area contributed by atoms with Crippen LogP contribution in [0.2, 0.25) is 0 Å². The van der Waals surface area contributed by atoms with E-state index >= 15 is 0 Å². The predicted octanol–water partition coefficient (Wildman–Crippen LogP) is 20.3. The molecular formula is C73H64N2. The van der Waals surface area contributed by atoms with Gasteiger partial charge in [-0.25, -0.2) is 0 Å². The van der Waals surface area contributed by atoms with Gasteiger partial charge in [-0.1, -0.05) is 255 Å². The van der Waals surface area contributed by atoms with E-state index in [2.05, 4.69) is 301 Å². The topological polar surface area (TPSA) is 8.17 Å². The Labute approximate surface area is 443 Å². The van der Waals surface area contributed by atoms with E-state index in [1.807, 2.05) is 0 Å². The van der Waals surface area contributed by atoms with Gasteiger partial charge in [-0.05, 0) is 115 Å². The van der Waals surface area contributed by atoms with Crippen molar-refractivity contribution in [2.45, 2.75) is 65.7 Å². The Bertz CT molecular complexity index is 3950. The number of para-hydroxylation sites is 4. The molecule has 1 aliphatic carbocycles. The molecule has 75 heavy (non-hydrogen) atoms. The largest absolute Gasteiger partial charge is 0.309 e. The molecule has 0 spiro atoms. The predicted molar refractivity (Wildman–Crippen MR) is 322 cm³/mol. The van der Waals surface area contributed by atoms with Gasteiger partial charge in [-0.3, -0.25) is 0 Å². The van der Waals surface area contributed by atoms with Gasteiger partial charge in [0.1, 0.15) is 0 Å². The Kier molecular flexibility index (Phi) is 12.1. The molecule has 1 heterocycles. The Morgan fingerprint density at radius 3 is 1.69 bits per heavy atom. The number of rotatable bonds is 9. The van der Waals surface area contributed by atoms with Crippen LogP contribution >= 0.6 is 0 Å². The molecule has 0 saturated heterocycles. The summed E-state index contributed by atoms with van der Waals surface area (Å²) in [5, 5.41) is 4.96. The van der Waals surface area contributed by atoms with E-state index in [1.54, 1.807) is 0 Å². The zero-order valence-electron chi connectivity index (χ0n) is 44.3. The quantitative estimate of drug-likeness (QED) is 0.140. The van der Waals surface area contributed by atoms with Gasteiger partial charge in [0.2, 0.25) is 0 Å². The van der Waals surface area contributed by atoms with E-state index in [4.69, 9.17) is 0 Å². The van der Waals surface area contributed by atoms with Crippen molar-refractivity contribution in [2.75, 3.05) is 4.90 Å². The van der Waals surface area contributed by atoms with Crippen LogP contribution in [0.4, 0.5) is 11.4 Å². The first-order valence-electron chi connectivity index (χ1n) is 26.7. The second-order valence-electron chi connectivity index (χ2n) is 22.6. The van der Waals surface area contributed by atoms with Crippen LogP contribution in [0.5, 0.6) is 0 Å². The van der Waals surface area contributed by atoms with Crippen molar-refractivity contribution in [3.8, 4) is 50.2 Å². The van der Waals surface area contributed by atoms with Crippen molar-refractivity contribution >= 4 is 49.5 Å². The highest BCUT2D eigenvalue weighted by Crippen LogP contribution is 2.51. The van der Waals surface area contributed by atoms with E-state index in [0.717, 1.165) is 40.2 Å². The number of allylic oxidation sites excluding steroid dienone is 3. The summed E-state index contributed by atoms with van der Waals surface area (Å²) in [6, 6.07) is 85.8. The average Bonchev–Trinajstić information content (AvgIpc) is 3.82. The minimum absolute atomic E-state index is 0.0262. The summed E-state index contributed by atoms with van der Waals surface area (Å²) >= 11 is 0. The standard InChI is InChI=1S/C73H64N2/c1-49-40-42-61(62-35-22-29-52-28-21-34-58(70(52)62)54-45-55(72(2,3)4)48-56(46-54)73(5,6)7)69(44-49)75(68-43-41-53(50-24-11-8-12-25-50)47-65(68)51-26-13-9-14-27-51)67-39-20-18-33-60(67)64-37-23-36-63-59-32-17-19-38-66(59)74(71(63)64)57-30-15-10-16-31-57/h8-39,41-49H,40H2,1-7H3. The van der Waals surface area contributed by atoms with E-state index in [9.17, 15) is 0 Å². The van der Waals surface area contributed by atoms with Crippen molar-refractivity contribution in [1.29, 1.82) is 0 Å². The highest BCUT2D eigenvalue weighted by Gasteiger charge is 2.30. The van der Waals surface area contributed by atoms with E-state index < -0.39 is 0 Å². The molecule has 0 bridgehead atoms. The number of benzene rings is 10. The van der Waals surface area contributed by atoms with Crippen LogP contribution in [-0.4, -0.2) is 4.57 Å². The summed E-state index contributed by atoms with van der Waals surface area (Å²) in [5.41, 5.74) is 21.5. The normalized spacial score (nSPS) is 14.0. The molecule has 2 nitrogen and oxygen atoms in total. The van der Waals surface area contributed by atoms with Gasteiger partial charge < -0.3 is 9.47 Å². The molecule has 1 aliphatic rings. The number of nitrogens with zero attached hydrogens (tertiary/aromatic N) is 2. The van der Waals surface area contributed by atoms with E-state index in [0.29, 0.717) is 0 Å². The fraction of sp³-hybridized carbons (Fsp3) is 0.151. The zero-order valence-corrected chi connectivity index (χ0v) is 44.3. The lowest BCUT2D eigenvalue weighted by Crippen LogP contribution is -2.22. The average molecular weight is 969 g/mol. The third-order valence-electron chi connectivity index (χ3n) is 15.4. The van der Waals surface area contributed by atoms with Gasteiger partial charge in [0.05, 0.1) is 22.4 Å². The minimum atomic E-state index is -0.0262. The molecule has 11 aromatic rings. The lowest BCUT2D eigenvalue weighted by atomic mass is 9.78. The lowest BCUT2D eigenvalue weighted by Gasteiger charge is -2.36. The van der Waals surface area contributed by atoms with Gasteiger partial charge in [0.25, 0.3) is 0 Å². The number of aromatic nitrogens is 1. The molecule has 0 N–H and O–H groups in total. The van der Waals surface area contributed by atoms with Gasteiger partial charge in [0, 0.05) is 44.4 Å². The molecule has 2 heteroatoms. The first-order chi connectivity index (χ1) is 36.4. The molecule has 366 valence electrons. The Morgan fingerprint density at radius 1 is 0.427 bits per heavy atom. The number of fused-ring (bicyclic) bond motifs is 4. The number of anilines is 2. The van der Waals surface area contributed by atoms with Crippen molar-refractivity contribution < 1.29 is 0 Å². The summed E-state index contributed by atoms with van der Waals surface area (Å²) in [4.78, 5) is 2.61. The second-order valence-corrected chi connectivity index (χ2v) is 22.6. The SMILES string of the molecule is CC1C=C(N(c2ccc(-c3ccccc3)cc2-c2ccccc2)c2ccccc2-c2cccc3c4ccccc4n(-c4ccccc4)c23)C(c2cccc3cccc(-c4cc(C(C)(C)C)cc(C(C)(C)C)c4)c23)=CC1. The van der Waals surface area contributed by atoms with Crippen LogP contribution < -0.4 is 4.90 Å². The van der Waals surface area contributed by atoms with Gasteiger partial charge in [0.15, 0.2) is 0 Å². The molecule has 10 aromatic carbocycles. The van der Waals surface area contributed by atoms with E-state index in [-0.39, 0.29) is 16.7 Å². The van der Waals surface area contributed by atoms with Crippen molar-refractivity contribution in [3.05, 3.63) is 265 Å². The monoisotopic (exact) mass is 969 g/mol. The molecule has 0 saturated carbocycles. The maximum atomic E-state index is 2.61. The molecule has 1 atom stereocenters. The molecule has 0 aliphatic heterocycles. The van der Waals surface area contributed by atoms with E-state index in [1.165, 1.54) is 88.4 Å². The Balaban J connectivity index is 1.16. The smallest absolute Gasteiger partial charge is 0.0620 e. The van der Waals surface area contributed by atoms with Crippen LogP contribution in [0.25, 0.3) is 88.3 Å². The maximum absolute atomic E-state index is 2.61. The zero-order chi connectivity index (χ0) is 51.4. The van der Waals surface area contributed by atoms with Crippen molar-refractivity contribution in [2.24, 2.45) is 5.92 Å². The minimum Gasteiger partial charge on any atom is -0.309 e. The number of hydrogen-bond donors (Lipinski definition) is 0. The van der Waals surface area contributed by atoms with Gasteiger partial charge >= 0.3 is 0 Å². The Hall–Kier alpha value is -8.46.